The Kier molecular flexibility index (Phi) is 5.19. The second-order valence-corrected chi connectivity index (χ2v) is 5.45. The Labute approximate surface area is 118 Å². The van der Waals surface area contributed by atoms with Gasteiger partial charge in [-0.3, -0.25) is 9.69 Å². The smallest absolute Gasteiger partial charge is 0.234 e. The molecule has 0 unspecified atom stereocenters. The highest BCUT2D eigenvalue weighted by Crippen LogP contribution is 2.10. The topological polar surface area (TPSA) is 58.4 Å². The van der Waals surface area contributed by atoms with Crippen molar-refractivity contribution in [2.24, 2.45) is 5.73 Å². The molecule has 1 aromatic carbocycles. The highest BCUT2D eigenvalue weighted by atomic mass is 35.5. The number of likely N-dealkylation sites (tertiary alicyclic amines) is 1. The molecule has 2 rings (SSSR count). The van der Waals surface area contributed by atoms with Crippen molar-refractivity contribution >= 4 is 17.5 Å². The highest BCUT2D eigenvalue weighted by Gasteiger charge is 2.20. The zero-order chi connectivity index (χ0) is 13.7. The highest BCUT2D eigenvalue weighted by molar-refractivity contribution is 6.30. The van der Waals surface area contributed by atoms with E-state index in [0.717, 1.165) is 36.5 Å². The summed E-state index contributed by atoms with van der Waals surface area (Å²) in [6, 6.07) is 7.93. The average molecular weight is 282 g/mol. The van der Waals surface area contributed by atoms with Crippen molar-refractivity contribution in [3.63, 3.8) is 0 Å². The predicted octanol–water partition coefficient (Wildman–Crippen LogP) is 1.03. The number of carbonyl (C=O) groups is 1. The molecule has 1 saturated heterocycles. The van der Waals surface area contributed by atoms with Gasteiger partial charge in [-0.05, 0) is 30.5 Å². The molecule has 5 heteroatoms. The summed E-state index contributed by atoms with van der Waals surface area (Å²) < 4.78 is 0. The first-order valence-electron chi connectivity index (χ1n) is 6.62. The van der Waals surface area contributed by atoms with Crippen molar-refractivity contribution < 1.29 is 4.79 Å². The fourth-order valence-corrected chi connectivity index (χ4v) is 2.52. The maximum atomic E-state index is 11.7. The fraction of sp³-hybridized carbons (Fsp3) is 0.500. The molecule has 1 aromatic rings. The average Bonchev–Trinajstić information content (AvgIpc) is 2.75. The van der Waals surface area contributed by atoms with Crippen LogP contribution in [0.1, 0.15) is 12.0 Å². The van der Waals surface area contributed by atoms with E-state index in [0.29, 0.717) is 13.1 Å². The molecule has 1 atom stereocenters. The first-order valence-corrected chi connectivity index (χ1v) is 7.00. The van der Waals surface area contributed by atoms with Crippen LogP contribution in [0.15, 0.2) is 24.3 Å². The zero-order valence-electron chi connectivity index (χ0n) is 10.9. The van der Waals surface area contributed by atoms with Crippen LogP contribution in [0.2, 0.25) is 5.02 Å². The summed E-state index contributed by atoms with van der Waals surface area (Å²) in [5, 5.41) is 3.66. The van der Waals surface area contributed by atoms with Gasteiger partial charge in [0.1, 0.15) is 0 Å². The SMILES string of the molecule is N[C@H]1CCN(CC(=O)NCCc2cccc(Cl)c2)C1. The minimum absolute atomic E-state index is 0.0659. The number of hydrogen-bond acceptors (Lipinski definition) is 3. The number of halogens is 1. The van der Waals surface area contributed by atoms with E-state index in [1.54, 1.807) is 0 Å². The van der Waals surface area contributed by atoms with Crippen LogP contribution < -0.4 is 11.1 Å². The van der Waals surface area contributed by atoms with Crippen molar-refractivity contribution in [1.82, 2.24) is 10.2 Å². The quantitative estimate of drug-likeness (QED) is 0.848. The summed E-state index contributed by atoms with van der Waals surface area (Å²) >= 11 is 5.91. The molecular formula is C14H20ClN3O. The van der Waals surface area contributed by atoms with E-state index in [9.17, 15) is 4.79 Å². The third kappa shape index (κ3) is 4.82. The van der Waals surface area contributed by atoms with E-state index in [4.69, 9.17) is 17.3 Å². The monoisotopic (exact) mass is 281 g/mol. The number of benzene rings is 1. The van der Waals surface area contributed by atoms with Crippen molar-refractivity contribution in [1.29, 1.82) is 0 Å². The summed E-state index contributed by atoms with van der Waals surface area (Å²) in [7, 11) is 0. The van der Waals surface area contributed by atoms with Gasteiger partial charge < -0.3 is 11.1 Å². The van der Waals surface area contributed by atoms with Gasteiger partial charge in [-0.2, -0.15) is 0 Å². The molecule has 0 spiro atoms. The van der Waals surface area contributed by atoms with E-state index in [-0.39, 0.29) is 11.9 Å². The lowest BCUT2D eigenvalue weighted by molar-refractivity contribution is -0.121. The molecule has 104 valence electrons. The number of carbonyl (C=O) groups excluding carboxylic acids is 1. The molecule has 19 heavy (non-hydrogen) atoms. The molecule has 0 saturated carbocycles. The Morgan fingerprint density at radius 1 is 1.53 bits per heavy atom. The second kappa shape index (κ2) is 6.89. The van der Waals surface area contributed by atoms with E-state index in [2.05, 4.69) is 10.2 Å². The molecule has 0 aliphatic carbocycles. The van der Waals surface area contributed by atoms with Crippen LogP contribution in [0, 0.1) is 0 Å². The Morgan fingerprint density at radius 3 is 3.05 bits per heavy atom. The number of nitrogens with zero attached hydrogens (tertiary/aromatic N) is 1. The maximum Gasteiger partial charge on any atom is 0.234 e. The van der Waals surface area contributed by atoms with E-state index >= 15 is 0 Å². The molecule has 3 N–H and O–H groups in total. The first-order chi connectivity index (χ1) is 9.13. The van der Waals surface area contributed by atoms with Gasteiger partial charge in [-0.25, -0.2) is 0 Å². The van der Waals surface area contributed by atoms with E-state index < -0.39 is 0 Å². The minimum atomic E-state index is 0.0659. The van der Waals surface area contributed by atoms with Crippen LogP contribution in [0.4, 0.5) is 0 Å². The lowest BCUT2D eigenvalue weighted by Crippen LogP contribution is -2.38. The van der Waals surface area contributed by atoms with Gasteiger partial charge in [0.15, 0.2) is 0 Å². The summed E-state index contributed by atoms with van der Waals surface area (Å²) in [4.78, 5) is 13.8. The molecule has 1 fully saturated rings. The third-order valence-corrected chi connectivity index (χ3v) is 3.54. The number of amides is 1. The van der Waals surface area contributed by atoms with E-state index in [1.165, 1.54) is 0 Å². The number of nitrogens with one attached hydrogen (secondary N) is 1. The molecule has 4 nitrogen and oxygen atoms in total. The third-order valence-electron chi connectivity index (χ3n) is 3.30. The van der Waals surface area contributed by atoms with Crippen LogP contribution in [-0.4, -0.2) is 43.0 Å². The molecule has 1 aliphatic rings. The molecule has 1 heterocycles. The Balaban J connectivity index is 1.66. The van der Waals surface area contributed by atoms with Gasteiger partial charge in [-0.15, -0.1) is 0 Å². The van der Waals surface area contributed by atoms with Crippen LogP contribution in [0.25, 0.3) is 0 Å². The van der Waals surface area contributed by atoms with Crippen LogP contribution >= 0.6 is 11.6 Å². The number of nitrogens with two attached hydrogens (primary N) is 1. The first kappa shape index (κ1) is 14.3. The summed E-state index contributed by atoms with van der Waals surface area (Å²) in [6.07, 6.45) is 1.78. The van der Waals surface area contributed by atoms with Crippen LogP contribution in [-0.2, 0) is 11.2 Å². The molecule has 1 aliphatic heterocycles. The van der Waals surface area contributed by atoms with E-state index in [1.807, 2.05) is 24.3 Å². The molecular weight excluding hydrogens is 262 g/mol. The van der Waals surface area contributed by atoms with Crippen molar-refractivity contribution in [2.45, 2.75) is 18.9 Å². The lowest BCUT2D eigenvalue weighted by Gasteiger charge is -2.14. The molecule has 0 aromatic heterocycles. The van der Waals surface area contributed by atoms with Gasteiger partial charge in [0.25, 0.3) is 0 Å². The van der Waals surface area contributed by atoms with Gasteiger partial charge in [0.05, 0.1) is 6.54 Å². The van der Waals surface area contributed by atoms with Crippen molar-refractivity contribution in [2.75, 3.05) is 26.2 Å². The van der Waals surface area contributed by atoms with Crippen LogP contribution in [0.3, 0.4) is 0 Å². The Hall–Kier alpha value is -1.10. The Morgan fingerprint density at radius 2 is 2.37 bits per heavy atom. The van der Waals surface area contributed by atoms with Crippen LogP contribution in [0.5, 0.6) is 0 Å². The maximum absolute atomic E-state index is 11.7. The Bertz CT molecular complexity index is 438. The number of hydrogen-bond donors (Lipinski definition) is 2. The zero-order valence-corrected chi connectivity index (χ0v) is 11.7. The minimum Gasteiger partial charge on any atom is -0.355 e. The largest absolute Gasteiger partial charge is 0.355 e. The van der Waals surface area contributed by atoms with Gasteiger partial charge in [0, 0.05) is 30.7 Å². The predicted molar refractivity (Wildman–Crippen MR) is 77.2 cm³/mol. The summed E-state index contributed by atoms with van der Waals surface area (Å²) in [5.74, 6) is 0.0659. The molecule has 0 bridgehead atoms. The molecule has 1 amide bonds. The normalized spacial score (nSPS) is 19.6. The number of rotatable bonds is 5. The second-order valence-electron chi connectivity index (χ2n) is 5.01. The summed E-state index contributed by atoms with van der Waals surface area (Å²) in [6.45, 7) is 2.83. The summed E-state index contributed by atoms with van der Waals surface area (Å²) in [5.41, 5.74) is 6.94. The lowest BCUT2D eigenvalue weighted by atomic mass is 10.1. The van der Waals surface area contributed by atoms with Gasteiger partial charge in [0.2, 0.25) is 5.91 Å². The van der Waals surface area contributed by atoms with Gasteiger partial charge in [-0.1, -0.05) is 23.7 Å². The van der Waals surface area contributed by atoms with Gasteiger partial charge >= 0.3 is 0 Å². The molecule has 0 radical (unpaired) electrons. The standard InChI is InChI=1S/C14H20ClN3O/c15-12-3-1-2-11(8-12)4-6-17-14(19)10-18-7-5-13(16)9-18/h1-3,8,13H,4-7,9-10,16H2,(H,17,19)/t13-/m0/s1. The fourth-order valence-electron chi connectivity index (χ4n) is 2.30. The van der Waals surface area contributed by atoms with Crippen molar-refractivity contribution in [3.05, 3.63) is 34.9 Å². The van der Waals surface area contributed by atoms with Crippen molar-refractivity contribution in [3.8, 4) is 0 Å².